The molecule has 84 valence electrons. The van der Waals surface area contributed by atoms with E-state index in [2.05, 4.69) is 27.3 Å². The number of hydrogen-bond acceptors (Lipinski definition) is 3. The van der Waals surface area contributed by atoms with Gasteiger partial charge in [0.25, 0.3) is 0 Å². The van der Waals surface area contributed by atoms with Gasteiger partial charge in [-0.1, -0.05) is 0 Å². The number of anilines is 1. The van der Waals surface area contributed by atoms with Crippen LogP contribution in [-0.2, 0) is 0 Å². The second kappa shape index (κ2) is 4.44. The van der Waals surface area contributed by atoms with E-state index in [-0.39, 0.29) is 12.1 Å². The minimum atomic E-state index is -0.156. The molecule has 0 radical (unpaired) electrons. The van der Waals surface area contributed by atoms with Crippen molar-refractivity contribution in [3.63, 3.8) is 0 Å². The van der Waals surface area contributed by atoms with Crippen LogP contribution < -0.4 is 5.32 Å². The Hall–Kier alpha value is -1.05. The quantitative estimate of drug-likeness (QED) is 0.895. The number of aliphatic hydroxyl groups is 1. The molecule has 1 fully saturated rings. The van der Waals surface area contributed by atoms with Crippen molar-refractivity contribution in [2.75, 3.05) is 11.9 Å². The summed E-state index contributed by atoms with van der Waals surface area (Å²) < 4.78 is 0.867. The summed E-state index contributed by atoms with van der Waals surface area (Å²) in [6, 6.07) is 7.52. The molecule has 1 aromatic rings. The van der Waals surface area contributed by atoms with Gasteiger partial charge in [0.1, 0.15) is 0 Å². The average Bonchev–Trinajstić information content (AvgIpc) is 2.25. The molecule has 0 spiro atoms. The van der Waals surface area contributed by atoms with E-state index in [0.717, 1.165) is 29.4 Å². The van der Waals surface area contributed by atoms with E-state index in [1.807, 2.05) is 6.07 Å². The first kappa shape index (κ1) is 11.4. The van der Waals surface area contributed by atoms with Gasteiger partial charge in [-0.3, -0.25) is 0 Å². The minimum Gasteiger partial charge on any atom is -0.394 e. The lowest BCUT2D eigenvalue weighted by Crippen LogP contribution is -2.48. The summed E-state index contributed by atoms with van der Waals surface area (Å²) in [5.41, 5.74) is 1.41. The lowest BCUT2D eigenvalue weighted by molar-refractivity contribution is 0.144. The molecule has 0 atom stereocenters. The van der Waals surface area contributed by atoms with Gasteiger partial charge < -0.3 is 10.4 Å². The summed E-state index contributed by atoms with van der Waals surface area (Å²) >= 11 is 3.43. The molecule has 3 nitrogen and oxygen atoms in total. The first-order valence-corrected chi connectivity index (χ1v) is 6.07. The van der Waals surface area contributed by atoms with Gasteiger partial charge in [-0.2, -0.15) is 5.26 Å². The molecule has 0 aromatic heterocycles. The zero-order valence-electron chi connectivity index (χ0n) is 8.83. The molecule has 1 saturated carbocycles. The Morgan fingerprint density at radius 1 is 1.50 bits per heavy atom. The van der Waals surface area contributed by atoms with Gasteiger partial charge in [0, 0.05) is 10.2 Å². The summed E-state index contributed by atoms with van der Waals surface area (Å²) in [6.07, 6.45) is 3.15. The molecule has 1 aliphatic rings. The van der Waals surface area contributed by atoms with Crippen LogP contribution in [0.25, 0.3) is 0 Å². The number of rotatable bonds is 3. The summed E-state index contributed by atoms with van der Waals surface area (Å²) in [5.74, 6) is 0. The Labute approximate surface area is 103 Å². The van der Waals surface area contributed by atoms with Gasteiger partial charge in [0.05, 0.1) is 23.8 Å². The highest BCUT2D eigenvalue weighted by atomic mass is 79.9. The molecular weight excluding hydrogens is 268 g/mol. The van der Waals surface area contributed by atoms with Crippen LogP contribution in [0.2, 0.25) is 0 Å². The molecule has 2 rings (SSSR count). The van der Waals surface area contributed by atoms with Crippen LogP contribution in [0.15, 0.2) is 22.7 Å². The third-order valence-electron chi connectivity index (χ3n) is 3.11. The highest BCUT2D eigenvalue weighted by molar-refractivity contribution is 9.10. The number of benzene rings is 1. The van der Waals surface area contributed by atoms with Crippen LogP contribution >= 0.6 is 15.9 Å². The van der Waals surface area contributed by atoms with E-state index in [1.165, 1.54) is 0 Å². The fraction of sp³-hybridized carbons (Fsp3) is 0.417. The molecule has 0 heterocycles. The SMILES string of the molecule is N#Cc1ccc(NC2(CO)CCC2)c(Br)c1. The van der Waals surface area contributed by atoms with Crippen molar-refractivity contribution in [3.05, 3.63) is 28.2 Å². The highest BCUT2D eigenvalue weighted by Crippen LogP contribution is 2.37. The normalized spacial score (nSPS) is 17.3. The number of nitriles is 1. The Morgan fingerprint density at radius 3 is 2.69 bits per heavy atom. The van der Waals surface area contributed by atoms with E-state index < -0.39 is 0 Å². The monoisotopic (exact) mass is 280 g/mol. The number of halogens is 1. The van der Waals surface area contributed by atoms with Gasteiger partial charge in [-0.05, 0) is 53.4 Å². The lowest BCUT2D eigenvalue weighted by Gasteiger charge is -2.42. The van der Waals surface area contributed by atoms with Crippen LogP contribution in [0.3, 0.4) is 0 Å². The average molecular weight is 281 g/mol. The first-order valence-electron chi connectivity index (χ1n) is 5.28. The smallest absolute Gasteiger partial charge is 0.0992 e. The lowest BCUT2D eigenvalue weighted by atomic mass is 9.77. The second-order valence-electron chi connectivity index (χ2n) is 4.22. The molecule has 1 aliphatic carbocycles. The van der Waals surface area contributed by atoms with Gasteiger partial charge in [-0.25, -0.2) is 0 Å². The van der Waals surface area contributed by atoms with Crippen molar-refractivity contribution >= 4 is 21.6 Å². The molecule has 16 heavy (non-hydrogen) atoms. The molecule has 2 N–H and O–H groups in total. The van der Waals surface area contributed by atoms with Gasteiger partial charge in [0.15, 0.2) is 0 Å². The van der Waals surface area contributed by atoms with Crippen LogP contribution in [0.1, 0.15) is 24.8 Å². The Balaban J connectivity index is 2.19. The Kier molecular flexibility index (Phi) is 3.17. The highest BCUT2D eigenvalue weighted by Gasteiger charge is 2.36. The number of nitrogens with one attached hydrogen (secondary N) is 1. The molecule has 0 unspecified atom stereocenters. The van der Waals surface area contributed by atoms with Crippen molar-refractivity contribution in [1.29, 1.82) is 5.26 Å². The zero-order valence-corrected chi connectivity index (χ0v) is 10.4. The second-order valence-corrected chi connectivity index (χ2v) is 5.08. The largest absolute Gasteiger partial charge is 0.394 e. The third-order valence-corrected chi connectivity index (χ3v) is 3.77. The maximum absolute atomic E-state index is 9.36. The number of nitrogens with zero attached hydrogens (tertiary/aromatic N) is 1. The van der Waals surface area contributed by atoms with Crippen molar-refractivity contribution < 1.29 is 5.11 Å². The van der Waals surface area contributed by atoms with Crippen LogP contribution in [0.4, 0.5) is 5.69 Å². The van der Waals surface area contributed by atoms with E-state index in [0.29, 0.717) is 5.56 Å². The standard InChI is InChI=1S/C12H13BrN2O/c13-10-6-9(7-14)2-3-11(10)15-12(8-16)4-1-5-12/h2-3,6,15-16H,1,4-5,8H2. The van der Waals surface area contributed by atoms with Crippen molar-refractivity contribution in [2.45, 2.75) is 24.8 Å². The Bertz CT molecular complexity index is 430. The summed E-state index contributed by atoms with van der Waals surface area (Å²) in [4.78, 5) is 0. The van der Waals surface area contributed by atoms with E-state index >= 15 is 0 Å². The third kappa shape index (κ3) is 2.06. The summed E-state index contributed by atoms with van der Waals surface area (Å²) in [6.45, 7) is 0.152. The summed E-state index contributed by atoms with van der Waals surface area (Å²) in [5, 5.41) is 21.5. The van der Waals surface area contributed by atoms with Crippen LogP contribution in [0.5, 0.6) is 0 Å². The zero-order chi connectivity index (χ0) is 11.6. The van der Waals surface area contributed by atoms with Crippen molar-refractivity contribution in [2.24, 2.45) is 0 Å². The van der Waals surface area contributed by atoms with Crippen molar-refractivity contribution in [3.8, 4) is 6.07 Å². The van der Waals surface area contributed by atoms with Crippen molar-refractivity contribution in [1.82, 2.24) is 0 Å². The number of hydrogen-bond donors (Lipinski definition) is 2. The molecule has 0 amide bonds. The predicted octanol–water partition coefficient (Wildman–Crippen LogP) is 2.65. The summed E-state index contributed by atoms with van der Waals surface area (Å²) in [7, 11) is 0. The molecular formula is C12H13BrN2O. The fourth-order valence-corrected chi connectivity index (χ4v) is 2.38. The van der Waals surface area contributed by atoms with E-state index in [9.17, 15) is 5.11 Å². The van der Waals surface area contributed by atoms with E-state index in [4.69, 9.17) is 5.26 Å². The fourth-order valence-electron chi connectivity index (χ4n) is 1.90. The molecule has 0 saturated heterocycles. The molecule has 0 bridgehead atoms. The van der Waals surface area contributed by atoms with E-state index in [1.54, 1.807) is 12.1 Å². The van der Waals surface area contributed by atoms with Gasteiger partial charge in [0.2, 0.25) is 0 Å². The molecule has 0 aliphatic heterocycles. The maximum Gasteiger partial charge on any atom is 0.0992 e. The maximum atomic E-state index is 9.36. The Morgan fingerprint density at radius 2 is 2.25 bits per heavy atom. The predicted molar refractivity (Wildman–Crippen MR) is 66.1 cm³/mol. The number of aliphatic hydroxyl groups excluding tert-OH is 1. The van der Waals surface area contributed by atoms with Gasteiger partial charge >= 0.3 is 0 Å². The topological polar surface area (TPSA) is 56.0 Å². The first-order chi connectivity index (χ1) is 7.69. The van der Waals surface area contributed by atoms with Gasteiger partial charge in [-0.15, -0.1) is 0 Å². The van der Waals surface area contributed by atoms with Crippen LogP contribution in [0, 0.1) is 11.3 Å². The minimum absolute atomic E-state index is 0.152. The molecule has 4 heteroatoms. The molecule has 1 aromatic carbocycles. The van der Waals surface area contributed by atoms with Crippen LogP contribution in [-0.4, -0.2) is 17.3 Å².